The smallest absolute Gasteiger partial charge is 0.343 e. The number of hydrazone groups is 1. The van der Waals surface area contributed by atoms with Crippen LogP contribution in [0.5, 0.6) is 23.0 Å². The van der Waals surface area contributed by atoms with Crippen LogP contribution in [0.15, 0.2) is 84.0 Å². The third kappa shape index (κ3) is 5.15. The number of aromatic amines is 1. The number of esters is 1. The fourth-order valence-electron chi connectivity index (χ4n) is 4.98. The first kappa shape index (κ1) is 26.6. The molecule has 210 valence electrons. The largest absolute Gasteiger partial charge is 0.493 e. The highest BCUT2D eigenvalue weighted by Gasteiger charge is 2.21. The first-order valence-electron chi connectivity index (χ1n) is 13.2. The van der Waals surface area contributed by atoms with Crippen molar-refractivity contribution in [1.82, 2.24) is 10.4 Å². The number of benzene rings is 4. The van der Waals surface area contributed by atoms with Crippen LogP contribution in [0.3, 0.4) is 0 Å². The zero-order valence-corrected chi connectivity index (χ0v) is 23.2. The molecule has 1 aliphatic rings. The molecule has 9 nitrogen and oxygen atoms in total. The Kier molecular flexibility index (Phi) is 7.06. The van der Waals surface area contributed by atoms with E-state index in [2.05, 4.69) is 27.6 Å². The summed E-state index contributed by atoms with van der Waals surface area (Å²) in [7, 11) is 1.47. The number of carbonyl (C=O) groups is 2. The highest BCUT2D eigenvalue weighted by atomic mass is 16.7. The van der Waals surface area contributed by atoms with Crippen LogP contribution in [-0.4, -0.2) is 37.0 Å². The van der Waals surface area contributed by atoms with Gasteiger partial charge in [-0.25, -0.2) is 10.2 Å². The van der Waals surface area contributed by atoms with Crippen LogP contribution in [-0.2, 0) is 0 Å². The van der Waals surface area contributed by atoms with Crippen LogP contribution >= 0.6 is 0 Å². The molecule has 0 bridgehead atoms. The van der Waals surface area contributed by atoms with E-state index in [1.807, 2.05) is 44.2 Å². The Bertz CT molecular complexity index is 1860. The van der Waals surface area contributed by atoms with Gasteiger partial charge in [-0.05, 0) is 73.0 Å². The zero-order chi connectivity index (χ0) is 29.2. The summed E-state index contributed by atoms with van der Waals surface area (Å²) in [5, 5.41) is 5.15. The Morgan fingerprint density at radius 2 is 1.74 bits per heavy atom. The van der Waals surface area contributed by atoms with Crippen LogP contribution in [0.25, 0.3) is 22.0 Å². The fraction of sp³-hybridized carbons (Fsp3) is 0.121. The number of hydrogen-bond donors (Lipinski definition) is 2. The number of H-pyrrole nitrogens is 1. The molecule has 42 heavy (non-hydrogen) atoms. The molecule has 1 amide bonds. The highest BCUT2D eigenvalue weighted by molar-refractivity contribution is 6.10. The molecule has 1 aliphatic heterocycles. The molecule has 0 saturated heterocycles. The molecular weight excluding hydrogens is 534 g/mol. The molecule has 0 atom stereocenters. The summed E-state index contributed by atoms with van der Waals surface area (Å²) < 4.78 is 21.6. The van der Waals surface area contributed by atoms with Crippen molar-refractivity contribution < 1.29 is 28.5 Å². The van der Waals surface area contributed by atoms with Crippen molar-refractivity contribution in [3.63, 3.8) is 0 Å². The number of ether oxygens (including phenoxy) is 4. The summed E-state index contributed by atoms with van der Waals surface area (Å²) in [6.07, 6.45) is 1.49. The van der Waals surface area contributed by atoms with E-state index in [4.69, 9.17) is 18.9 Å². The summed E-state index contributed by atoms with van der Waals surface area (Å²) in [5.74, 6) is 0.673. The molecule has 0 fully saturated rings. The predicted octanol–water partition coefficient (Wildman–Crippen LogP) is 6.17. The number of rotatable bonds is 7. The molecule has 5 aromatic rings. The van der Waals surface area contributed by atoms with Gasteiger partial charge in [0, 0.05) is 16.5 Å². The first-order valence-corrected chi connectivity index (χ1v) is 13.2. The molecule has 0 saturated carbocycles. The summed E-state index contributed by atoms with van der Waals surface area (Å²) in [5.41, 5.74) is 8.81. The molecular formula is C33H27N3O6. The lowest BCUT2D eigenvalue weighted by molar-refractivity contribution is 0.0729. The maximum atomic E-state index is 13.3. The van der Waals surface area contributed by atoms with Crippen LogP contribution in [0.1, 0.15) is 37.5 Å². The van der Waals surface area contributed by atoms with E-state index in [1.165, 1.54) is 13.3 Å². The number of aromatic nitrogens is 1. The number of nitrogens with one attached hydrogen (secondary N) is 2. The Balaban J connectivity index is 1.20. The summed E-state index contributed by atoms with van der Waals surface area (Å²) in [6, 6.07) is 23.7. The molecule has 2 N–H and O–H groups in total. The zero-order valence-electron chi connectivity index (χ0n) is 23.2. The van der Waals surface area contributed by atoms with Crippen molar-refractivity contribution in [2.75, 3.05) is 13.9 Å². The lowest BCUT2D eigenvalue weighted by Crippen LogP contribution is -2.18. The lowest BCUT2D eigenvalue weighted by atomic mass is 9.99. The lowest BCUT2D eigenvalue weighted by Gasteiger charge is -2.10. The van der Waals surface area contributed by atoms with Crippen LogP contribution in [0.2, 0.25) is 0 Å². The van der Waals surface area contributed by atoms with E-state index in [1.54, 1.807) is 36.4 Å². The molecule has 2 heterocycles. The number of carbonyl (C=O) groups excluding carboxylic acids is 2. The molecule has 4 aromatic carbocycles. The van der Waals surface area contributed by atoms with Gasteiger partial charge in [0.15, 0.2) is 23.0 Å². The third-order valence-corrected chi connectivity index (χ3v) is 6.92. The Morgan fingerprint density at radius 1 is 0.929 bits per heavy atom. The van der Waals surface area contributed by atoms with Crippen LogP contribution in [0.4, 0.5) is 0 Å². The number of fused-ring (bicyclic) bond motifs is 2. The van der Waals surface area contributed by atoms with E-state index < -0.39 is 5.97 Å². The SMILES string of the molecule is COc1cc(C=NNC(=O)c2[nH]c3c(C)cc(C)cc3c2-c2ccccc2)ccc1OC(=O)c1ccc2c(c1)OCO2. The predicted molar refractivity (Wildman–Crippen MR) is 159 cm³/mol. The molecule has 1 aromatic heterocycles. The fourth-order valence-corrected chi connectivity index (χ4v) is 4.98. The van der Waals surface area contributed by atoms with Gasteiger partial charge < -0.3 is 23.9 Å². The van der Waals surface area contributed by atoms with Gasteiger partial charge in [-0.1, -0.05) is 42.0 Å². The average Bonchev–Trinajstić information content (AvgIpc) is 3.63. The molecule has 0 radical (unpaired) electrons. The average molecular weight is 562 g/mol. The van der Waals surface area contributed by atoms with E-state index in [0.717, 1.165) is 33.2 Å². The van der Waals surface area contributed by atoms with Gasteiger partial charge in [0.1, 0.15) is 5.69 Å². The quantitative estimate of drug-likeness (QED) is 0.106. The Morgan fingerprint density at radius 3 is 2.55 bits per heavy atom. The summed E-state index contributed by atoms with van der Waals surface area (Å²) in [4.78, 5) is 29.4. The number of amides is 1. The second kappa shape index (κ2) is 11.1. The summed E-state index contributed by atoms with van der Waals surface area (Å²) in [6.45, 7) is 4.17. The van der Waals surface area contributed by atoms with Gasteiger partial charge in [0.2, 0.25) is 6.79 Å². The maximum Gasteiger partial charge on any atom is 0.343 e. The van der Waals surface area contributed by atoms with Crippen LogP contribution in [0, 0.1) is 13.8 Å². The van der Waals surface area contributed by atoms with Gasteiger partial charge in [-0.2, -0.15) is 5.10 Å². The van der Waals surface area contributed by atoms with Gasteiger partial charge in [-0.15, -0.1) is 0 Å². The van der Waals surface area contributed by atoms with E-state index in [9.17, 15) is 9.59 Å². The molecule has 0 unspecified atom stereocenters. The number of hydrogen-bond acceptors (Lipinski definition) is 7. The first-order chi connectivity index (χ1) is 20.4. The van der Waals surface area contributed by atoms with Crippen molar-refractivity contribution >= 4 is 29.0 Å². The maximum absolute atomic E-state index is 13.3. The molecule has 0 spiro atoms. The minimum atomic E-state index is -0.571. The van der Waals surface area contributed by atoms with Crippen molar-refractivity contribution in [1.29, 1.82) is 0 Å². The topological polar surface area (TPSA) is 111 Å². The van der Waals surface area contributed by atoms with Gasteiger partial charge in [0.05, 0.1) is 18.9 Å². The second-order valence-corrected chi connectivity index (χ2v) is 9.81. The highest BCUT2D eigenvalue weighted by Crippen LogP contribution is 2.35. The van der Waals surface area contributed by atoms with Gasteiger partial charge in [0.25, 0.3) is 5.91 Å². The summed E-state index contributed by atoms with van der Waals surface area (Å²) >= 11 is 0. The number of aryl methyl sites for hydroxylation is 2. The minimum Gasteiger partial charge on any atom is -0.493 e. The van der Waals surface area contributed by atoms with Gasteiger partial charge >= 0.3 is 5.97 Å². The Hall–Kier alpha value is -5.57. The number of nitrogens with zero attached hydrogens (tertiary/aromatic N) is 1. The standard InChI is InChI=1S/C33H27N3O6/c1-19-13-20(2)30-24(14-19)29(22-7-5-4-6-8-22)31(35-30)32(37)36-34-17-21-9-11-26(27(15-21)39-3)42-33(38)23-10-12-25-28(16-23)41-18-40-25/h4-17,35H,18H2,1-3H3,(H,36,37). The third-order valence-electron chi connectivity index (χ3n) is 6.92. The Labute approximate surface area is 241 Å². The van der Waals surface area contributed by atoms with E-state index in [0.29, 0.717) is 34.1 Å². The molecule has 6 rings (SSSR count). The number of methoxy groups -OCH3 is 1. The van der Waals surface area contributed by atoms with E-state index >= 15 is 0 Å². The van der Waals surface area contributed by atoms with Crippen molar-refractivity contribution in [3.8, 4) is 34.1 Å². The van der Waals surface area contributed by atoms with Gasteiger partial charge in [-0.3, -0.25) is 4.79 Å². The minimum absolute atomic E-state index is 0.112. The van der Waals surface area contributed by atoms with Crippen molar-refractivity contribution in [2.24, 2.45) is 5.10 Å². The molecule has 0 aliphatic carbocycles. The van der Waals surface area contributed by atoms with Crippen molar-refractivity contribution in [3.05, 3.63) is 107 Å². The van der Waals surface area contributed by atoms with E-state index in [-0.39, 0.29) is 18.4 Å². The van der Waals surface area contributed by atoms with Crippen LogP contribution < -0.4 is 24.4 Å². The second-order valence-electron chi connectivity index (χ2n) is 9.81. The molecule has 9 heteroatoms. The van der Waals surface area contributed by atoms with Crippen molar-refractivity contribution in [2.45, 2.75) is 13.8 Å². The normalized spacial score (nSPS) is 12.1. The monoisotopic (exact) mass is 561 g/mol.